The number of carbonyl (C=O) groups excluding carboxylic acids is 2. The zero-order valence-corrected chi connectivity index (χ0v) is 17.8. The number of nitrogens with one attached hydrogen (secondary N) is 2. The standard InChI is InChI=1S/C23H29N5O3/c1-28-14-17(10-22(28)29)23(30)27-21-11-19(20(24)13-26-21)16-3-2-4-18(9-16)25-12-15-5-7-31-8-6-15/h2-4,9,11,13,15,17,25H,5-8,10,12,14,24H2,1H3,(H,26,27,30). The summed E-state index contributed by atoms with van der Waals surface area (Å²) < 4.78 is 5.43. The van der Waals surface area contributed by atoms with Crippen LogP contribution in [0.5, 0.6) is 0 Å². The van der Waals surface area contributed by atoms with Crippen LogP contribution in [-0.2, 0) is 14.3 Å². The normalized spacial score (nSPS) is 19.5. The summed E-state index contributed by atoms with van der Waals surface area (Å²) in [6, 6.07) is 9.85. The van der Waals surface area contributed by atoms with Crippen molar-refractivity contribution < 1.29 is 14.3 Å². The van der Waals surface area contributed by atoms with Gasteiger partial charge in [0, 0.05) is 51.0 Å². The van der Waals surface area contributed by atoms with Gasteiger partial charge in [0.15, 0.2) is 0 Å². The first-order valence-electron chi connectivity index (χ1n) is 10.7. The van der Waals surface area contributed by atoms with Crippen molar-refractivity contribution >= 4 is 29.0 Å². The molecule has 0 spiro atoms. The molecule has 8 heteroatoms. The number of nitrogen functional groups attached to an aromatic ring is 1. The van der Waals surface area contributed by atoms with Gasteiger partial charge in [-0.1, -0.05) is 12.1 Å². The smallest absolute Gasteiger partial charge is 0.230 e. The average Bonchev–Trinajstić information content (AvgIpc) is 3.13. The third-order valence-corrected chi connectivity index (χ3v) is 6.01. The van der Waals surface area contributed by atoms with E-state index in [9.17, 15) is 9.59 Å². The largest absolute Gasteiger partial charge is 0.397 e. The minimum atomic E-state index is -0.363. The van der Waals surface area contributed by atoms with Gasteiger partial charge < -0.3 is 26.0 Å². The van der Waals surface area contributed by atoms with Gasteiger partial charge in [0.1, 0.15) is 5.82 Å². The molecule has 3 heterocycles. The van der Waals surface area contributed by atoms with E-state index in [-0.39, 0.29) is 24.2 Å². The van der Waals surface area contributed by atoms with E-state index < -0.39 is 0 Å². The van der Waals surface area contributed by atoms with Crippen molar-refractivity contribution in [1.82, 2.24) is 9.88 Å². The maximum atomic E-state index is 12.5. The Labute approximate surface area is 182 Å². The molecule has 2 saturated heterocycles. The van der Waals surface area contributed by atoms with Gasteiger partial charge in [-0.15, -0.1) is 0 Å². The molecule has 0 radical (unpaired) electrons. The Morgan fingerprint density at radius 1 is 1.29 bits per heavy atom. The molecule has 0 saturated carbocycles. The molecule has 1 aromatic heterocycles. The van der Waals surface area contributed by atoms with E-state index in [1.165, 1.54) is 0 Å². The van der Waals surface area contributed by atoms with Crippen LogP contribution in [0.3, 0.4) is 0 Å². The second-order valence-electron chi connectivity index (χ2n) is 8.34. The highest BCUT2D eigenvalue weighted by molar-refractivity contribution is 5.97. The summed E-state index contributed by atoms with van der Waals surface area (Å²) >= 11 is 0. The molecule has 8 nitrogen and oxygen atoms in total. The summed E-state index contributed by atoms with van der Waals surface area (Å²) in [5.41, 5.74) is 9.51. The highest BCUT2D eigenvalue weighted by Crippen LogP contribution is 2.30. The Morgan fingerprint density at radius 3 is 2.84 bits per heavy atom. The molecule has 1 unspecified atom stereocenters. The highest BCUT2D eigenvalue weighted by atomic mass is 16.5. The number of carbonyl (C=O) groups is 2. The zero-order chi connectivity index (χ0) is 21.8. The average molecular weight is 424 g/mol. The molecule has 0 bridgehead atoms. The number of nitrogens with zero attached hydrogens (tertiary/aromatic N) is 2. The molecule has 2 aromatic rings. The van der Waals surface area contributed by atoms with Crippen LogP contribution < -0.4 is 16.4 Å². The van der Waals surface area contributed by atoms with Crippen LogP contribution in [0, 0.1) is 11.8 Å². The molecule has 0 aliphatic carbocycles. The lowest BCUT2D eigenvalue weighted by atomic mass is 10.00. The maximum Gasteiger partial charge on any atom is 0.230 e. The van der Waals surface area contributed by atoms with E-state index in [1.54, 1.807) is 24.2 Å². The molecule has 2 amide bonds. The summed E-state index contributed by atoms with van der Waals surface area (Å²) in [5.74, 6) is 0.463. The molecular formula is C23H29N5O3. The Balaban J connectivity index is 1.45. The summed E-state index contributed by atoms with van der Waals surface area (Å²) in [6.45, 7) is 3.00. The number of nitrogens with two attached hydrogens (primary N) is 1. The number of ether oxygens (including phenoxy) is 1. The summed E-state index contributed by atoms with van der Waals surface area (Å²) in [4.78, 5) is 30.1. The number of benzene rings is 1. The number of rotatable bonds is 6. The van der Waals surface area contributed by atoms with E-state index in [0.29, 0.717) is 24.0 Å². The number of hydrogen-bond acceptors (Lipinski definition) is 6. The van der Waals surface area contributed by atoms with E-state index in [2.05, 4.69) is 21.7 Å². The van der Waals surface area contributed by atoms with Crippen LogP contribution in [0.15, 0.2) is 36.5 Å². The number of hydrogen-bond donors (Lipinski definition) is 3. The van der Waals surface area contributed by atoms with Crippen molar-refractivity contribution in [2.24, 2.45) is 11.8 Å². The fourth-order valence-electron chi connectivity index (χ4n) is 4.06. The molecule has 31 heavy (non-hydrogen) atoms. The molecule has 2 aliphatic rings. The summed E-state index contributed by atoms with van der Waals surface area (Å²) in [7, 11) is 1.71. The second-order valence-corrected chi connectivity index (χ2v) is 8.34. The van der Waals surface area contributed by atoms with Crippen LogP contribution >= 0.6 is 0 Å². The minimum Gasteiger partial charge on any atom is -0.397 e. The Hall–Kier alpha value is -3.13. The van der Waals surface area contributed by atoms with Crippen molar-refractivity contribution in [3.8, 4) is 11.1 Å². The molecule has 1 aromatic carbocycles. The van der Waals surface area contributed by atoms with Crippen molar-refractivity contribution in [2.75, 3.05) is 49.7 Å². The van der Waals surface area contributed by atoms with Gasteiger partial charge in [-0.25, -0.2) is 4.98 Å². The fraction of sp³-hybridized carbons (Fsp3) is 0.435. The van der Waals surface area contributed by atoms with E-state index in [4.69, 9.17) is 10.5 Å². The first-order chi connectivity index (χ1) is 15.0. The van der Waals surface area contributed by atoms with Gasteiger partial charge in [-0.05, 0) is 42.5 Å². The lowest BCUT2D eigenvalue weighted by Crippen LogP contribution is -2.26. The van der Waals surface area contributed by atoms with Gasteiger partial charge in [-0.2, -0.15) is 0 Å². The number of likely N-dealkylation sites (tertiary alicyclic amines) is 1. The third-order valence-electron chi connectivity index (χ3n) is 6.01. The number of aromatic nitrogens is 1. The topological polar surface area (TPSA) is 110 Å². The van der Waals surface area contributed by atoms with Gasteiger partial charge in [-0.3, -0.25) is 9.59 Å². The van der Waals surface area contributed by atoms with Gasteiger partial charge in [0.2, 0.25) is 11.8 Å². The predicted octanol–water partition coefficient (Wildman–Crippen LogP) is 2.59. The van der Waals surface area contributed by atoms with Gasteiger partial charge >= 0.3 is 0 Å². The number of anilines is 3. The Bertz CT molecular complexity index is 958. The lowest BCUT2D eigenvalue weighted by Gasteiger charge is -2.22. The van der Waals surface area contributed by atoms with Crippen molar-refractivity contribution in [3.63, 3.8) is 0 Å². The third kappa shape index (κ3) is 5.14. The molecule has 164 valence electrons. The van der Waals surface area contributed by atoms with E-state index >= 15 is 0 Å². The predicted molar refractivity (Wildman–Crippen MR) is 120 cm³/mol. The number of pyridine rings is 1. The Kier molecular flexibility index (Phi) is 6.36. The molecule has 2 aliphatic heterocycles. The van der Waals surface area contributed by atoms with Crippen LogP contribution in [-0.4, -0.2) is 55.0 Å². The van der Waals surface area contributed by atoms with Crippen molar-refractivity contribution in [3.05, 3.63) is 36.5 Å². The highest BCUT2D eigenvalue weighted by Gasteiger charge is 2.32. The number of amides is 2. The molecule has 1 atom stereocenters. The van der Waals surface area contributed by atoms with Crippen LogP contribution in [0.1, 0.15) is 19.3 Å². The summed E-state index contributed by atoms with van der Waals surface area (Å²) in [5, 5.41) is 6.35. The van der Waals surface area contributed by atoms with Crippen molar-refractivity contribution in [2.45, 2.75) is 19.3 Å². The molecule has 2 fully saturated rings. The lowest BCUT2D eigenvalue weighted by molar-refractivity contribution is -0.127. The SMILES string of the molecule is CN1CC(C(=O)Nc2cc(-c3cccc(NCC4CCOCC4)c3)c(N)cn2)CC1=O. The summed E-state index contributed by atoms with van der Waals surface area (Å²) in [6.07, 6.45) is 3.94. The quantitative estimate of drug-likeness (QED) is 0.659. The monoisotopic (exact) mass is 423 g/mol. The van der Waals surface area contributed by atoms with Crippen LogP contribution in [0.4, 0.5) is 17.2 Å². The first kappa shape index (κ1) is 21.1. The molecule has 4 rings (SSSR count). The van der Waals surface area contributed by atoms with E-state index in [0.717, 1.165) is 49.4 Å². The zero-order valence-electron chi connectivity index (χ0n) is 17.8. The van der Waals surface area contributed by atoms with Gasteiger partial charge in [0.25, 0.3) is 0 Å². The second kappa shape index (κ2) is 9.34. The van der Waals surface area contributed by atoms with E-state index in [1.807, 2.05) is 18.2 Å². The molecule has 4 N–H and O–H groups in total. The Morgan fingerprint density at radius 2 is 2.10 bits per heavy atom. The fourth-order valence-corrected chi connectivity index (χ4v) is 4.06. The maximum absolute atomic E-state index is 12.5. The van der Waals surface area contributed by atoms with Gasteiger partial charge in [0.05, 0.1) is 17.8 Å². The van der Waals surface area contributed by atoms with Crippen LogP contribution in [0.25, 0.3) is 11.1 Å². The first-order valence-corrected chi connectivity index (χ1v) is 10.7. The molecular weight excluding hydrogens is 394 g/mol. The minimum absolute atomic E-state index is 0.0174. The van der Waals surface area contributed by atoms with Crippen LogP contribution in [0.2, 0.25) is 0 Å². The van der Waals surface area contributed by atoms with Crippen molar-refractivity contribution in [1.29, 1.82) is 0 Å².